The molecule has 0 spiro atoms. The summed E-state index contributed by atoms with van der Waals surface area (Å²) in [6.45, 7) is 4.11. The molecule has 44 heavy (non-hydrogen) atoms. The van der Waals surface area contributed by atoms with Gasteiger partial charge < -0.3 is 34.6 Å². The highest BCUT2D eigenvalue weighted by atomic mass is 16.5. The second kappa shape index (κ2) is 13.0. The number of fused-ring (bicyclic) bond motifs is 2. The minimum absolute atomic E-state index is 0.0959. The Bertz CT molecular complexity index is 1590. The molecule has 3 amide bonds. The molecular formula is C35H42N6O3. The molecule has 3 heterocycles. The van der Waals surface area contributed by atoms with Crippen molar-refractivity contribution in [2.45, 2.75) is 18.9 Å². The molecule has 6 rings (SSSR count). The number of carbonyl (C=O) groups excluding carboxylic acids is 2. The van der Waals surface area contributed by atoms with Crippen LogP contribution in [0.3, 0.4) is 0 Å². The number of amides is 3. The molecule has 9 heteroatoms. The number of benzene rings is 3. The van der Waals surface area contributed by atoms with Gasteiger partial charge >= 0.3 is 6.03 Å². The fourth-order valence-corrected chi connectivity index (χ4v) is 6.65. The van der Waals surface area contributed by atoms with E-state index in [1.165, 1.54) is 0 Å². The van der Waals surface area contributed by atoms with Crippen molar-refractivity contribution >= 4 is 34.2 Å². The van der Waals surface area contributed by atoms with Crippen LogP contribution in [-0.4, -0.2) is 93.2 Å². The molecule has 0 aliphatic carbocycles. The van der Waals surface area contributed by atoms with Gasteiger partial charge in [0.25, 0.3) is 0 Å². The summed E-state index contributed by atoms with van der Waals surface area (Å²) in [7, 11) is 5.78. The van der Waals surface area contributed by atoms with Crippen molar-refractivity contribution in [3.8, 4) is 5.75 Å². The molecule has 1 aromatic heterocycles. The lowest BCUT2D eigenvalue weighted by Crippen LogP contribution is -2.58. The fourth-order valence-electron chi connectivity index (χ4n) is 6.65. The van der Waals surface area contributed by atoms with Gasteiger partial charge in [0.15, 0.2) is 0 Å². The third-order valence-corrected chi connectivity index (χ3v) is 8.80. The molecule has 4 aromatic rings. The number of hydrogen-bond donors (Lipinski definition) is 2. The Morgan fingerprint density at radius 3 is 2.50 bits per heavy atom. The number of carbonyl (C=O) groups is 2. The minimum atomic E-state index is -0.734. The lowest BCUT2D eigenvalue weighted by atomic mass is 9.91. The van der Waals surface area contributed by atoms with Crippen molar-refractivity contribution in [2.75, 3.05) is 70.3 Å². The molecule has 3 aromatic carbocycles. The predicted molar refractivity (Wildman–Crippen MR) is 176 cm³/mol. The zero-order valence-corrected chi connectivity index (χ0v) is 25.8. The SMILES string of the molecule is COc1ccc2c(c1)CC(CN(C)C)CN2C(=O)C(Cc1c[nH]c2ccccc12)NC(=O)N1CCN(c2ccccc2)CC1. The van der Waals surface area contributed by atoms with Crippen molar-refractivity contribution in [1.82, 2.24) is 20.1 Å². The van der Waals surface area contributed by atoms with E-state index in [0.29, 0.717) is 26.1 Å². The highest BCUT2D eigenvalue weighted by molar-refractivity contribution is 6.00. The lowest BCUT2D eigenvalue weighted by Gasteiger charge is -2.39. The molecule has 2 atom stereocenters. The van der Waals surface area contributed by atoms with Crippen LogP contribution in [0.2, 0.25) is 0 Å². The highest BCUT2D eigenvalue weighted by Crippen LogP contribution is 2.34. The molecule has 0 saturated carbocycles. The van der Waals surface area contributed by atoms with Gasteiger partial charge in [-0.3, -0.25) is 4.79 Å². The number of methoxy groups -OCH3 is 1. The summed E-state index contributed by atoms with van der Waals surface area (Å²) in [6.07, 6.45) is 3.21. The number of ether oxygens (including phenoxy) is 1. The van der Waals surface area contributed by atoms with Gasteiger partial charge in [-0.1, -0.05) is 36.4 Å². The second-order valence-corrected chi connectivity index (χ2v) is 12.2. The maximum atomic E-state index is 14.6. The van der Waals surface area contributed by atoms with Crippen molar-refractivity contribution in [1.29, 1.82) is 0 Å². The summed E-state index contributed by atoms with van der Waals surface area (Å²) >= 11 is 0. The highest BCUT2D eigenvalue weighted by Gasteiger charge is 2.35. The van der Waals surface area contributed by atoms with Crippen LogP contribution in [0.15, 0.2) is 79.0 Å². The number of aromatic nitrogens is 1. The van der Waals surface area contributed by atoms with E-state index in [1.807, 2.05) is 70.6 Å². The summed E-state index contributed by atoms with van der Waals surface area (Å²) in [4.78, 5) is 39.9. The molecular weight excluding hydrogens is 552 g/mol. The number of piperazine rings is 1. The average molecular weight is 595 g/mol. The number of nitrogens with zero attached hydrogens (tertiary/aromatic N) is 4. The lowest BCUT2D eigenvalue weighted by molar-refractivity contribution is -0.120. The quantitative estimate of drug-likeness (QED) is 0.316. The van der Waals surface area contributed by atoms with Crippen LogP contribution in [0.1, 0.15) is 11.1 Å². The standard InChI is InChI=1S/C35H42N6O3/c1-38(2)23-25-19-26-20-29(44-3)13-14-33(26)41(24-25)34(42)32(21-27-22-36-31-12-8-7-11-30(27)31)37-35(43)40-17-15-39(16-18-40)28-9-5-4-6-10-28/h4-14,20,22,25,32,36H,15-19,21,23-24H2,1-3H3,(H,37,43). The van der Waals surface area contributed by atoms with Gasteiger partial charge in [0.1, 0.15) is 11.8 Å². The van der Waals surface area contributed by atoms with Crippen molar-refractivity contribution in [3.05, 3.63) is 90.1 Å². The smallest absolute Gasteiger partial charge is 0.318 e. The molecule has 2 aliphatic rings. The zero-order chi connectivity index (χ0) is 30.6. The van der Waals surface area contributed by atoms with Crippen molar-refractivity contribution in [2.24, 2.45) is 5.92 Å². The van der Waals surface area contributed by atoms with Crippen LogP contribution in [0.5, 0.6) is 5.75 Å². The molecule has 2 aliphatic heterocycles. The molecule has 0 bridgehead atoms. The van der Waals surface area contributed by atoms with Gasteiger partial charge in [0.05, 0.1) is 7.11 Å². The summed E-state index contributed by atoms with van der Waals surface area (Å²) in [6, 6.07) is 23.3. The summed E-state index contributed by atoms with van der Waals surface area (Å²) < 4.78 is 5.52. The van der Waals surface area contributed by atoms with E-state index < -0.39 is 6.04 Å². The van der Waals surface area contributed by atoms with Gasteiger partial charge in [0.2, 0.25) is 5.91 Å². The number of rotatable bonds is 8. The van der Waals surface area contributed by atoms with Crippen LogP contribution < -0.4 is 19.9 Å². The van der Waals surface area contributed by atoms with Crippen LogP contribution >= 0.6 is 0 Å². The Morgan fingerprint density at radius 2 is 1.75 bits per heavy atom. The van der Waals surface area contributed by atoms with Crippen LogP contribution in [0.4, 0.5) is 16.2 Å². The Balaban J connectivity index is 1.26. The first-order valence-electron chi connectivity index (χ1n) is 15.4. The van der Waals surface area contributed by atoms with E-state index in [-0.39, 0.29) is 17.9 Å². The van der Waals surface area contributed by atoms with E-state index in [0.717, 1.165) is 65.2 Å². The van der Waals surface area contributed by atoms with Gasteiger partial charge in [-0.25, -0.2) is 4.79 Å². The Hall–Kier alpha value is -4.50. The zero-order valence-electron chi connectivity index (χ0n) is 25.8. The summed E-state index contributed by atoms with van der Waals surface area (Å²) in [5.41, 5.74) is 5.15. The van der Waals surface area contributed by atoms with E-state index in [2.05, 4.69) is 52.4 Å². The molecule has 2 N–H and O–H groups in total. The number of urea groups is 1. The average Bonchev–Trinajstić information content (AvgIpc) is 3.46. The van der Waals surface area contributed by atoms with E-state index in [9.17, 15) is 9.59 Å². The molecule has 2 unspecified atom stereocenters. The Kier molecular flexibility index (Phi) is 8.74. The number of aromatic amines is 1. The van der Waals surface area contributed by atoms with E-state index in [1.54, 1.807) is 7.11 Å². The van der Waals surface area contributed by atoms with Crippen molar-refractivity contribution in [3.63, 3.8) is 0 Å². The molecule has 1 fully saturated rings. The summed E-state index contributed by atoms with van der Waals surface area (Å²) in [5.74, 6) is 0.936. The number of nitrogens with one attached hydrogen (secondary N) is 2. The molecule has 0 radical (unpaired) electrons. The van der Waals surface area contributed by atoms with Crippen LogP contribution in [-0.2, 0) is 17.6 Å². The number of para-hydroxylation sites is 2. The Morgan fingerprint density at radius 1 is 1.00 bits per heavy atom. The predicted octanol–water partition coefficient (Wildman–Crippen LogP) is 4.39. The van der Waals surface area contributed by atoms with Gasteiger partial charge in [-0.15, -0.1) is 0 Å². The van der Waals surface area contributed by atoms with Crippen molar-refractivity contribution < 1.29 is 14.3 Å². The molecule has 230 valence electrons. The van der Waals surface area contributed by atoms with Crippen LogP contribution in [0.25, 0.3) is 10.9 Å². The van der Waals surface area contributed by atoms with Crippen LogP contribution in [0, 0.1) is 5.92 Å². The van der Waals surface area contributed by atoms with E-state index in [4.69, 9.17) is 4.74 Å². The third kappa shape index (κ3) is 6.38. The first-order valence-corrected chi connectivity index (χ1v) is 15.4. The maximum absolute atomic E-state index is 14.6. The third-order valence-electron chi connectivity index (χ3n) is 8.80. The first kappa shape index (κ1) is 29.6. The van der Waals surface area contributed by atoms with E-state index >= 15 is 0 Å². The molecule has 1 saturated heterocycles. The number of anilines is 2. The normalized spacial score (nSPS) is 17.5. The first-order chi connectivity index (χ1) is 21.4. The largest absolute Gasteiger partial charge is 0.497 e. The monoisotopic (exact) mass is 594 g/mol. The maximum Gasteiger partial charge on any atom is 0.318 e. The van der Waals surface area contributed by atoms with Gasteiger partial charge in [0, 0.05) is 74.2 Å². The topological polar surface area (TPSA) is 84.1 Å². The number of hydrogen-bond acceptors (Lipinski definition) is 5. The molecule has 9 nitrogen and oxygen atoms in total. The minimum Gasteiger partial charge on any atom is -0.497 e. The second-order valence-electron chi connectivity index (χ2n) is 12.2. The Labute approximate surface area is 259 Å². The van der Waals surface area contributed by atoms with Gasteiger partial charge in [-0.2, -0.15) is 0 Å². The summed E-state index contributed by atoms with van der Waals surface area (Å²) in [5, 5.41) is 4.24. The van der Waals surface area contributed by atoms with Gasteiger partial charge in [-0.05, 0) is 74.0 Å². The fraction of sp³-hybridized carbons (Fsp3) is 0.371. The number of H-pyrrole nitrogens is 1.